The minimum absolute atomic E-state index is 0.0255. The molecule has 2 saturated carbocycles. The molecule has 39 heavy (non-hydrogen) atoms. The van der Waals surface area contributed by atoms with E-state index in [9.17, 15) is 24.9 Å². The van der Waals surface area contributed by atoms with E-state index in [1.54, 1.807) is 18.2 Å². The van der Waals surface area contributed by atoms with Crippen molar-refractivity contribution in [3.05, 3.63) is 32.9 Å². The molecule has 0 unspecified atom stereocenters. The molecule has 0 saturated heterocycles. The molecule has 1 aromatic carbocycles. The molecule has 2 amide bonds. The van der Waals surface area contributed by atoms with E-state index >= 15 is 0 Å². The summed E-state index contributed by atoms with van der Waals surface area (Å²) in [5, 5.41) is 33.3. The van der Waals surface area contributed by atoms with Crippen LogP contribution < -0.4 is 14.8 Å². The molecule has 0 spiro atoms. The van der Waals surface area contributed by atoms with Crippen molar-refractivity contribution >= 4 is 34.4 Å². The molecule has 216 valence electrons. The number of carbonyl (C=O) groups excluding carboxylic acids is 2. The molecule has 0 radical (unpaired) electrons. The quantitative estimate of drug-likeness (QED) is 0.270. The number of ether oxygens (including phenoxy) is 2. The summed E-state index contributed by atoms with van der Waals surface area (Å²) in [6, 6.07) is 2.86. The van der Waals surface area contributed by atoms with Gasteiger partial charge in [0.15, 0.2) is 11.5 Å². The lowest BCUT2D eigenvalue weighted by Crippen LogP contribution is -2.57. The molecule has 4 N–H and O–H groups in total. The molecule has 4 rings (SSSR count). The highest BCUT2D eigenvalue weighted by molar-refractivity contribution is 14.1. The van der Waals surface area contributed by atoms with Gasteiger partial charge in [-0.25, -0.2) is 0 Å². The Kier molecular flexibility index (Phi) is 10.9. The molecule has 9 nitrogen and oxygen atoms in total. The van der Waals surface area contributed by atoms with Crippen LogP contribution in [0.25, 0.3) is 0 Å². The summed E-state index contributed by atoms with van der Waals surface area (Å²) in [6.07, 6.45) is 8.57. The van der Waals surface area contributed by atoms with Gasteiger partial charge in [-0.15, -0.1) is 0 Å². The summed E-state index contributed by atoms with van der Waals surface area (Å²) < 4.78 is 12.6. The van der Waals surface area contributed by atoms with E-state index in [4.69, 9.17) is 9.47 Å². The van der Waals surface area contributed by atoms with Gasteiger partial charge in [0.2, 0.25) is 11.8 Å². The van der Waals surface area contributed by atoms with Crippen LogP contribution in [-0.4, -0.2) is 76.6 Å². The zero-order chi connectivity index (χ0) is 27.9. The molecule has 3 atom stereocenters. The molecule has 0 bridgehead atoms. The topological polar surface area (TPSA) is 129 Å². The Hall–Kier alpha value is -1.89. The molecule has 0 aromatic heterocycles. The maximum absolute atomic E-state index is 13.8. The number of methoxy groups -OCH3 is 1. The van der Waals surface area contributed by atoms with Gasteiger partial charge in [0.05, 0.1) is 29.9 Å². The Balaban J connectivity index is 1.68. The second-order valence-corrected chi connectivity index (χ2v) is 12.0. The second-order valence-electron chi connectivity index (χ2n) is 10.9. The first-order chi connectivity index (χ1) is 18.9. The monoisotopic (exact) mass is 656 g/mol. The van der Waals surface area contributed by atoms with E-state index in [2.05, 4.69) is 27.9 Å². The molecular formula is C29H41IN2O7. The van der Waals surface area contributed by atoms with Gasteiger partial charge in [-0.05, 0) is 78.0 Å². The van der Waals surface area contributed by atoms with E-state index in [1.165, 1.54) is 7.11 Å². The van der Waals surface area contributed by atoms with Crippen molar-refractivity contribution in [1.82, 2.24) is 10.2 Å². The van der Waals surface area contributed by atoms with Gasteiger partial charge >= 0.3 is 0 Å². The Labute approximate surface area is 244 Å². The van der Waals surface area contributed by atoms with Crippen LogP contribution in [0, 0.1) is 9.49 Å². The number of aliphatic hydroxyl groups excluding tert-OH is 3. The number of hydrogen-bond acceptors (Lipinski definition) is 7. The first kappa shape index (κ1) is 30.1. The Morgan fingerprint density at radius 1 is 1.10 bits per heavy atom. The van der Waals surface area contributed by atoms with Crippen molar-refractivity contribution in [2.24, 2.45) is 5.92 Å². The van der Waals surface area contributed by atoms with E-state index in [0.717, 1.165) is 51.4 Å². The maximum Gasteiger partial charge on any atom is 0.247 e. The number of benzene rings is 1. The summed E-state index contributed by atoms with van der Waals surface area (Å²) in [5.74, 6) is 0.878. The number of halogens is 1. The standard InChI is InChI=1S/C29H41IN2O7/c1-38-25-13-19(17-34)12-22(30)28(25)39-24-16-20(29(37)31-10-11-33)15-23(27(24)36)32(21-8-4-5-9-21)26(35)14-18-6-2-3-7-18/h12-13,16,18,21,23-24,27,33-34,36H,2-11,14-15,17H2,1H3,(H,31,37)/t23-,24+,27+/m1/s1. The van der Waals surface area contributed by atoms with Crippen LogP contribution in [0.1, 0.15) is 69.8 Å². The number of amides is 2. The van der Waals surface area contributed by atoms with Crippen molar-refractivity contribution in [2.75, 3.05) is 20.3 Å². The fourth-order valence-electron chi connectivity index (χ4n) is 6.27. The third-order valence-corrected chi connectivity index (χ3v) is 9.04. The number of carbonyl (C=O) groups is 2. The Morgan fingerprint density at radius 2 is 1.79 bits per heavy atom. The number of aliphatic hydroxyl groups is 3. The average molecular weight is 657 g/mol. The highest BCUT2D eigenvalue weighted by Crippen LogP contribution is 2.39. The van der Waals surface area contributed by atoms with E-state index < -0.39 is 18.2 Å². The zero-order valence-electron chi connectivity index (χ0n) is 22.6. The smallest absolute Gasteiger partial charge is 0.247 e. The van der Waals surface area contributed by atoms with Crippen LogP contribution in [0.4, 0.5) is 0 Å². The molecule has 0 heterocycles. The van der Waals surface area contributed by atoms with Gasteiger partial charge in [0, 0.05) is 31.0 Å². The molecule has 10 heteroatoms. The van der Waals surface area contributed by atoms with Crippen LogP contribution >= 0.6 is 22.6 Å². The van der Waals surface area contributed by atoms with E-state index in [0.29, 0.717) is 38.5 Å². The van der Waals surface area contributed by atoms with E-state index in [-0.39, 0.29) is 44.0 Å². The normalized spacial score (nSPS) is 23.9. The van der Waals surface area contributed by atoms with Gasteiger partial charge < -0.3 is 35.0 Å². The molecule has 3 aliphatic rings. The number of hydrogen-bond donors (Lipinski definition) is 4. The Bertz CT molecular complexity index is 1040. The summed E-state index contributed by atoms with van der Waals surface area (Å²) in [6.45, 7) is -0.239. The predicted molar refractivity (Wildman–Crippen MR) is 154 cm³/mol. The lowest BCUT2D eigenvalue weighted by molar-refractivity contribution is -0.143. The minimum Gasteiger partial charge on any atom is -0.493 e. The SMILES string of the molecule is COc1cc(CO)cc(I)c1O[C@H]1C=C(C(=O)NCCO)C[C@@H](N(C(=O)CC2CCCC2)C2CCCC2)[C@@H]1O. The third-order valence-electron chi connectivity index (χ3n) is 8.24. The van der Waals surface area contributed by atoms with Crippen LogP contribution in [0.5, 0.6) is 11.5 Å². The van der Waals surface area contributed by atoms with Crippen molar-refractivity contribution in [2.45, 2.75) is 95.1 Å². The summed E-state index contributed by atoms with van der Waals surface area (Å²) >= 11 is 2.10. The average Bonchev–Trinajstić information content (AvgIpc) is 3.65. The lowest BCUT2D eigenvalue weighted by Gasteiger charge is -2.43. The van der Waals surface area contributed by atoms with E-state index in [1.807, 2.05) is 4.90 Å². The van der Waals surface area contributed by atoms with Crippen molar-refractivity contribution < 1.29 is 34.4 Å². The highest BCUT2D eigenvalue weighted by atomic mass is 127. The number of nitrogens with one attached hydrogen (secondary N) is 1. The first-order valence-corrected chi connectivity index (χ1v) is 15.2. The second kappa shape index (κ2) is 14.1. The highest BCUT2D eigenvalue weighted by Gasteiger charge is 2.44. The molecule has 3 aliphatic carbocycles. The molecular weight excluding hydrogens is 615 g/mol. The molecule has 0 aliphatic heterocycles. The Morgan fingerprint density at radius 3 is 2.44 bits per heavy atom. The zero-order valence-corrected chi connectivity index (χ0v) is 24.8. The summed E-state index contributed by atoms with van der Waals surface area (Å²) in [4.78, 5) is 28.8. The lowest BCUT2D eigenvalue weighted by atomic mass is 9.86. The summed E-state index contributed by atoms with van der Waals surface area (Å²) in [7, 11) is 1.51. The van der Waals surface area contributed by atoms with Crippen molar-refractivity contribution in [1.29, 1.82) is 0 Å². The third kappa shape index (κ3) is 7.25. The van der Waals surface area contributed by atoms with Crippen molar-refractivity contribution in [3.63, 3.8) is 0 Å². The van der Waals surface area contributed by atoms with Crippen LogP contribution in [0.2, 0.25) is 0 Å². The maximum atomic E-state index is 13.8. The molecule has 1 aromatic rings. The number of nitrogens with zero attached hydrogens (tertiary/aromatic N) is 1. The predicted octanol–water partition coefficient (Wildman–Crippen LogP) is 3.06. The van der Waals surface area contributed by atoms with Gasteiger partial charge in [0.25, 0.3) is 0 Å². The van der Waals surface area contributed by atoms with Crippen LogP contribution in [0.3, 0.4) is 0 Å². The largest absolute Gasteiger partial charge is 0.493 e. The van der Waals surface area contributed by atoms with Crippen LogP contribution in [-0.2, 0) is 16.2 Å². The van der Waals surface area contributed by atoms with Crippen LogP contribution in [0.15, 0.2) is 23.8 Å². The van der Waals surface area contributed by atoms with Crippen molar-refractivity contribution in [3.8, 4) is 11.5 Å². The first-order valence-electron chi connectivity index (χ1n) is 14.1. The number of rotatable bonds is 11. The van der Waals surface area contributed by atoms with Gasteiger partial charge in [-0.3, -0.25) is 9.59 Å². The van der Waals surface area contributed by atoms with Gasteiger partial charge in [0.1, 0.15) is 12.2 Å². The summed E-state index contributed by atoms with van der Waals surface area (Å²) in [5.41, 5.74) is 1.08. The minimum atomic E-state index is -1.06. The van der Waals surface area contributed by atoms with Gasteiger partial charge in [-0.1, -0.05) is 25.7 Å². The fourth-order valence-corrected chi connectivity index (χ4v) is 7.06. The van der Waals surface area contributed by atoms with Gasteiger partial charge in [-0.2, -0.15) is 0 Å². The fraction of sp³-hybridized carbons (Fsp3) is 0.655. The molecule has 2 fully saturated rings.